The van der Waals surface area contributed by atoms with Gasteiger partial charge in [-0.05, 0) is 37.8 Å². The largest absolute Gasteiger partial charge is 0.356 e. The molecule has 1 aliphatic rings. The summed E-state index contributed by atoms with van der Waals surface area (Å²) in [6.07, 6.45) is 9.18. The minimum absolute atomic E-state index is 0. The Hall–Kier alpha value is -0.830. The van der Waals surface area contributed by atoms with Crippen LogP contribution in [0.2, 0.25) is 0 Å². The van der Waals surface area contributed by atoms with Crippen molar-refractivity contribution in [2.24, 2.45) is 10.9 Å². The number of piperidine rings is 1. The third-order valence-electron chi connectivity index (χ3n) is 4.81. The number of aliphatic imine (C=N–C) groups is 1. The van der Waals surface area contributed by atoms with Crippen LogP contribution in [0.5, 0.6) is 0 Å². The third-order valence-corrected chi connectivity index (χ3v) is 4.81. The molecule has 0 saturated carbocycles. The van der Waals surface area contributed by atoms with Crippen molar-refractivity contribution in [1.82, 2.24) is 25.3 Å². The van der Waals surface area contributed by atoms with Crippen molar-refractivity contribution in [3.8, 4) is 0 Å². The quantitative estimate of drug-likeness (QED) is 0.354. The Balaban J connectivity index is 0.00000312. The lowest BCUT2D eigenvalue weighted by molar-refractivity contribution is 0.147. The predicted molar refractivity (Wildman–Crippen MR) is 116 cm³/mol. The van der Waals surface area contributed by atoms with Gasteiger partial charge in [0, 0.05) is 51.7 Å². The van der Waals surface area contributed by atoms with Crippen LogP contribution in [-0.4, -0.2) is 59.9 Å². The van der Waals surface area contributed by atoms with Crippen LogP contribution in [0.1, 0.15) is 39.5 Å². The van der Waals surface area contributed by atoms with E-state index in [9.17, 15) is 0 Å². The maximum absolute atomic E-state index is 4.33. The molecule has 2 heterocycles. The molecular formula is C18H35IN6. The van der Waals surface area contributed by atoms with E-state index in [0.29, 0.717) is 5.92 Å². The second kappa shape index (κ2) is 12.5. The fourth-order valence-electron chi connectivity index (χ4n) is 3.42. The van der Waals surface area contributed by atoms with Gasteiger partial charge in [-0.1, -0.05) is 20.3 Å². The van der Waals surface area contributed by atoms with Gasteiger partial charge in [0.15, 0.2) is 5.96 Å². The van der Waals surface area contributed by atoms with Crippen molar-refractivity contribution < 1.29 is 0 Å². The molecule has 25 heavy (non-hydrogen) atoms. The van der Waals surface area contributed by atoms with Crippen molar-refractivity contribution in [3.63, 3.8) is 0 Å². The first-order chi connectivity index (χ1) is 11.7. The van der Waals surface area contributed by atoms with E-state index in [1.807, 2.05) is 30.2 Å². The Morgan fingerprint density at radius 1 is 1.36 bits per heavy atom. The number of hydrogen-bond acceptors (Lipinski definition) is 3. The van der Waals surface area contributed by atoms with Crippen LogP contribution in [0.25, 0.3) is 0 Å². The maximum atomic E-state index is 4.33. The van der Waals surface area contributed by atoms with Crippen molar-refractivity contribution in [2.75, 3.05) is 33.2 Å². The van der Waals surface area contributed by atoms with E-state index < -0.39 is 0 Å². The fourth-order valence-corrected chi connectivity index (χ4v) is 3.42. The molecule has 1 aromatic heterocycles. The standard InChI is InChI=1S/C18H34N6.HI/c1-4-17-8-5-6-11-23(17)13-10-20-18(19-3)21-14-16(2)15-24-12-7-9-22-24;/h7,9,12,16-17H,4-6,8,10-11,13-15H2,1-3H3,(H2,19,20,21);1H. The highest BCUT2D eigenvalue weighted by Crippen LogP contribution is 2.18. The summed E-state index contributed by atoms with van der Waals surface area (Å²) >= 11 is 0. The van der Waals surface area contributed by atoms with Gasteiger partial charge in [0.25, 0.3) is 0 Å². The fraction of sp³-hybridized carbons (Fsp3) is 0.778. The summed E-state index contributed by atoms with van der Waals surface area (Å²) in [4.78, 5) is 6.96. The summed E-state index contributed by atoms with van der Waals surface area (Å²) in [5, 5.41) is 11.1. The first-order valence-electron chi connectivity index (χ1n) is 9.39. The number of nitrogens with one attached hydrogen (secondary N) is 2. The van der Waals surface area contributed by atoms with Crippen LogP contribution in [0.15, 0.2) is 23.5 Å². The summed E-state index contributed by atoms with van der Waals surface area (Å²) in [5.74, 6) is 1.39. The maximum Gasteiger partial charge on any atom is 0.191 e. The Morgan fingerprint density at radius 2 is 2.20 bits per heavy atom. The van der Waals surface area contributed by atoms with Gasteiger partial charge in [-0.2, -0.15) is 5.10 Å². The Labute approximate surface area is 169 Å². The van der Waals surface area contributed by atoms with E-state index in [-0.39, 0.29) is 24.0 Å². The average molecular weight is 462 g/mol. The van der Waals surface area contributed by atoms with Crippen LogP contribution in [0, 0.1) is 5.92 Å². The summed E-state index contributed by atoms with van der Waals surface area (Å²) in [7, 11) is 1.84. The molecule has 0 amide bonds. The number of guanidine groups is 1. The molecule has 0 bridgehead atoms. The molecule has 144 valence electrons. The van der Waals surface area contributed by atoms with Gasteiger partial charge in [0.05, 0.1) is 0 Å². The lowest BCUT2D eigenvalue weighted by Crippen LogP contribution is -2.46. The zero-order valence-corrected chi connectivity index (χ0v) is 18.3. The predicted octanol–water partition coefficient (Wildman–Crippen LogP) is 2.57. The van der Waals surface area contributed by atoms with Crippen LogP contribution < -0.4 is 10.6 Å². The minimum atomic E-state index is 0. The minimum Gasteiger partial charge on any atom is -0.356 e. The molecule has 0 spiro atoms. The highest BCUT2D eigenvalue weighted by molar-refractivity contribution is 14.0. The summed E-state index contributed by atoms with van der Waals surface area (Å²) in [6, 6.07) is 2.73. The van der Waals surface area contributed by atoms with Crippen molar-refractivity contribution in [3.05, 3.63) is 18.5 Å². The van der Waals surface area contributed by atoms with Crippen LogP contribution in [0.4, 0.5) is 0 Å². The number of hydrogen-bond donors (Lipinski definition) is 2. The Kier molecular flexibility index (Phi) is 11.1. The monoisotopic (exact) mass is 462 g/mol. The second-order valence-electron chi connectivity index (χ2n) is 6.81. The molecule has 0 aromatic carbocycles. The molecule has 1 saturated heterocycles. The molecular weight excluding hydrogens is 427 g/mol. The summed E-state index contributed by atoms with van der Waals surface area (Å²) < 4.78 is 1.98. The molecule has 0 aliphatic carbocycles. The topological polar surface area (TPSA) is 57.5 Å². The van der Waals surface area contributed by atoms with E-state index >= 15 is 0 Å². The summed E-state index contributed by atoms with van der Waals surface area (Å²) in [6.45, 7) is 9.63. The number of rotatable bonds is 8. The SMILES string of the molecule is CCC1CCCCN1CCNC(=NC)NCC(C)Cn1cccn1.I. The third kappa shape index (κ3) is 7.94. The Morgan fingerprint density at radius 3 is 2.88 bits per heavy atom. The molecule has 1 fully saturated rings. The second-order valence-corrected chi connectivity index (χ2v) is 6.81. The lowest BCUT2D eigenvalue weighted by atomic mass is 10.0. The van der Waals surface area contributed by atoms with E-state index in [1.54, 1.807) is 0 Å². The molecule has 2 rings (SSSR count). The van der Waals surface area contributed by atoms with Crippen LogP contribution in [0.3, 0.4) is 0 Å². The first-order valence-corrected chi connectivity index (χ1v) is 9.39. The zero-order valence-electron chi connectivity index (χ0n) is 15.9. The van der Waals surface area contributed by atoms with Gasteiger partial charge in [0.2, 0.25) is 0 Å². The molecule has 6 nitrogen and oxygen atoms in total. The molecule has 2 unspecified atom stereocenters. The normalized spacial score (nSPS) is 20.0. The molecule has 1 aromatic rings. The number of halogens is 1. The molecule has 2 N–H and O–H groups in total. The van der Waals surface area contributed by atoms with Gasteiger partial charge in [-0.25, -0.2) is 0 Å². The lowest BCUT2D eigenvalue weighted by Gasteiger charge is -2.35. The van der Waals surface area contributed by atoms with Gasteiger partial charge < -0.3 is 10.6 Å². The molecule has 0 radical (unpaired) electrons. The number of nitrogens with zero attached hydrogens (tertiary/aromatic N) is 4. The highest BCUT2D eigenvalue weighted by Gasteiger charge is 2.19. The van der Waals surface area contributed by atoms with Crippen LogP contribution in [-0.2, 0) is 6.54 Å². The Bertz CT molecular complexity index is 476. The van der Waals surface area contributed by atoms with Crippen molar-refractivity contribution in [2.45, 2.75) is 52.1 Å². The van der Waals surface area contributed by atoms with Gasteiger partial charge in [-0.15, -0.1) is 24.0 Å². The zero-order chi connectivity index (χ0) is 17.2. The molecule has 7 heteroatoms. The molecule has 2 atom stereocenters. The first kappa shape index (κ1) is 22.2. The highest BCUT2D eigenvalue weighted by atomic mass is 127. The van der Waals surface area contributed by atoms with E-state index in [2.05, 4.69) is 39.5 Å². The van der Waals surface area contributed by atoms with E-state index in [4.69, 9.17) is 0 Å². The van der Waals surface area contributed by atoms with E-state index in [1.165, 1.54) is 32.2 Å². The number of aromatic nitrogens is 2. The van der Waals surface area contributed by atoms with Gasteiger partial charge in [0.1, 0.15) is 0 Å². The van der Waals surface area contributed by atoms with E-state index in [0.717, 1.165) is 38.2 Å². The van der Waals surface area contributed by atoms with Crippen molar-refractivity contribution in [1.29, 1.82) is 0 Å². The van der Waals surface area contributed by atoms with Gasteiger partial charge >= 0.3 is 0 Å². The van der Waals surface area contributed by atoms with Crippen molar-refractivity contribution >= 4 is 29.9 Å². The number of likely N-dealkylation sites (tertiary alicyclic amines) is 1. The molecule has 1 aliphatic heterocycles. The summed E-state index contributed by atoms with van der Waals surface area (Å²) in [5.41, 5.74) is 0. The van der Waals surface area contributed by atoms with Crippen LogP contribution >= 0.6 is 24.0 Å². The average Bonchev–Trinajstić information content (AvgIpc) is 3.11. The van der Waals surface area contributed by atoms with Gasteiger partial charge in [-0.3, -0.25) is 14.6 Å². The smallest absolute Gasteiger partial charge is 0.191 e.